The molecule has 0 aliphatic rings. The van der Waals surface area contributed by atoms with Gasteiger partial charge in [-0.15, -0.1) is 11.3 Å². The molecule has 6 heteroatoms. The Hall–Kier alpha value is -3.51. The van der Waals surface area contributed by atoms with E-state index in [0.29, 0.717) is 22.7 Å². The van der Waals surface area contributed by atoms with E-state index in [9.17, 15) is 9.59 Å². The van der Waals surface area contributed by atoms with E-state index in [-0.39, 0.29) is 10.9 Å². The fraction of sp³-hybridized carbons (Fsp3) is 0.160. The van der Waals surface area contributed by atoms with Crippen molar-refractivity contribution in [1.29, 1.82) is 0 Å². The number of thiazole rings is 1. The highest BCUT2D eigenvalue weighted by Crippen LogP contribution is 2.28. The van der Waals surface area contributed by atoms with Crippen LogP contribution in [0.15, 0.2) is 66.7 Å². The number of hydrogen-bond acceptors (Lipinski definition) is 5. The molecule has 1 amide bonds. The maximum Gasteiger partial charge on any atom is 0.367 e. The third kappa shape index (κ3) is 4.34. The number of anilines is 1. The van der Waals surface area contributed by atoms with Gasteiger partial charge < -0.3 is 10.1 Å². The van der Waals surface area contributed by atoms with Crippen molar-refractivity contribution >= 4 is 39.1 Å². The predicted molar refractivity (Wildman–Crippen MR) is 125 cm³/mol. The molecule has 0 atom stereocenters. The number of nitrogens with zero attached hydrogens (tertiary/aromatic N) is 1. The maximum absolute atomic E-state index is 13.1. The van der Waals surface area contributed by atoms with Crippen molar-refractivity contribution < 1.29 is 14.3 Å². The molecule has 0 aliphatic heterocycles. The molecule has 1 aromatic heterocycles. The summed E-state index contributed by atoms with van der Waals surface area (Å²) in [5.41, 5.74) is 5.06. The topological polar surface area (TPSA) is 68.3 Å². The number of aromatic nitrogens is 1. The van der Waals surface area contributed by atoms with Crippen LogP contribution in [0.3, 0.4) is 0 Å². The van der Waals surface area contributed by atoms with Crippen LogP contribution >= 0.6 is 11.3 Å². The van der Waals surface area contributed by atoms with Gasteiger partial charge in [0, 0.05) is 11.3 Å². The SMILES string of the molecule is COC(=O)c1nc2ccc(NC(=O)c3ccccc3-c3ccc(C(C)C)cc3)cc2s1. The number of benzene rings is 3. The molecule has 156 valence electrons. The molecule has 1 N–H and O–H groups in total. The van der Waals surface area contributed by atoms with Crippen LogP contribution in [0, 0.1) is 0 Å². The van der Waals surface area contributed by atoms with E-state index in [1.807, 2.05) is 30.3 Å². The Kier molecular flexibility index (Phi) is 5.82. The number of esters is 1. The molecular formula is C25H22N2O3S. The van der Waals surface area contributed by atoms with Crippen molar-refractivity contribution in [2.75, 3.05) is 12.4 Å². The van der Waals surface area contributed by atoms with Crippen LogP contribution in [0.2, 0.25) is 0 Å². The largest absolute Gasteiger partial charge is 0.464 e. The third-order valence-electron chi connectivity index (χ3n) is 5.07. The normalized spacial score (nSPS) is 11.0. The summed E-state index contributed by atoms with van der Waals surface area (Å²) in [6, 6.07) is 21.3. The van der Waals surface area contributed by atoms with E-state index in [0.717, 1.165) is 15.8 Å². The van der Waals surface area contributed by atoms with E-state index >= 15 is 0 Å². The number of amides is 1. The monoisotopic (exact) mass is 430 g/mol. The van der Waals surface area contributed by atoms with Crippen molar-refractivity contribution in [1.82, 2.24) is 4.98 Å². The third-order valence-corrected chi connectivity index (χ3v) is 6.06. The lowest BCUT2D eigenvalue weighted by Crippen LogP contribution is -2.13. The summed E-state index contributed by atoms with van der Waals surface area (Å²) < 4.78 is 5.53. The maximum atomic E-state index is 13.1. The van der Waals surface area contributed by atoms with Gasteiger partial charge >= 0.3 is 5.97 Å². The van der Waals surface area contributed by atoms with Gasteiger partial charge in [-0.3, -0.25) is 4.79 Å². The number of rotatable bonds is 5. The Morgan fingerprint density at radius 1 is 1.00 bits per heavy atom. The minimum absolute atomic E-state index is 0.194. The molecule has 0 spiro atoms. The van der Waals surface area contributed by atoms with Gasteiger partial charge in [-0.25, -0.2) is 9.78 Å². The predicted octanol–water partition coefficient (Wildman–Crippen LogP) is 6.13. The number of hydrogen-bond donors (Lipinski definition) is 1. The summed E-state index contributed by atoms with van der Waals surface area (Å²) in [5.74, 6) is -0.209. The second kappa shape index (κ2) is 8.70. The average Bonchev–Trinajstić information content (AvgIpc) is 3.22. The fourth-order valence-electron chi connectivity index (χ4n) is 3.36. The molecule has 0 saturated carbocycles. The molecule has 0 fully saturated rings. The Bertz CT molecular complexity index is 1260. The van der Waals surface area contributed by atoms with Crippen molar-refractivity contribution in [2.24, 2.45) is 0 Å². The molecule has 0 saturated heterocycles. The highest BCUT2D eigenvalue weighted by atomic mass is 32.1. The second-order valence-corrected chi connectivity index (χ2v) is 8.50. The summed E-state index contributed by atoms with van der Waals surface area (Å²) in [6.45, 7) is 4.31. The van der Waals surface area contributed by atoms with Gasteiger partial charge in [-0.2, -0.15) is 0 Å². The number of carbonyl (C=O) groups excluding carboxylic acids is 2. The van der Waals surface area contributed by atoms with E-state index < -0.39 is 5.97 Å². The van der Waals surface area contributed by atoms with Crippen molar-refractivity contribution in [2.45, 2.75) is 19.8 Å². The molecule has 4 aromatic rings. The number of nitrogens with one attached hydrogen (secondary N) is 1. The van der Waals surface area contributed by atoms with E-state index in [1.54, 1.807) is 12.1 Å². The molecule has 0 unspecified atom stereocenters. The summed E-state index contributed by atoms with van der Waals surface area (Å²) in [4.78, 5) is 29.1. The zero-order chi connectivity index (χ0) is 22.0. The van der Waals surface area contributed by atoms with Crippen LogP contribution in [0.1, 0.15) is 45.5 Å². The van der Waals surface area contributed by atoms with Gasteiger partial charge in [0.2, 0.25) is 5.01 Å². The van der Waals surface area contributed by atoms with Gasteiger partial charge in [0.05, 0.1) is 17.3 Å². The highest BCUT2D eigenvalue weighted by molar-refractivity contribution is 7.20. The first-order chi connectivity index (χ1) is 15.0. The summed E-state index contributed by atoms with van der Waals surface area (Å²) >= 11 is 1.23. The van der Waals surface area contributed by atoms with Gasteiger partial charge in [0.15, 0.2) is 0 Å². The number of ether oxygens (including phenoxy) is 1. The van der Waals surface area contributed by atoms with Crippen LogP contribution in [0.5, 0.6) is 0 Å². The summed E-state index contributed by atoms with van der Waals surface area (Å²) in [6.07, 6.45) is 0. The van der Waals surface area contributed by atoms with Crippen LogP contribution in [-0.4, -0.2) is 24.0 Å². The molecule has 3 aromatic carbocycles. The highest BCUT2D eigenvalue weighted by Gasteiger charge is 2.15. The zero-order valence-corrected chi connectivity index (χ0v) is 18.3. The minimum Gasteiger partial charge on any atom is -0.464 e. The Balaban J connectivity index is 1.61. The first-order valence-corrected chi connectivity index (χ1v) is 10.8. The van der Waals surface area contributed by atoms with Gasteiger partial charge in [0.25, 0.3) is 5.91 Å². The quantitative estimate of drug-likeness (QED) is 0.387. The number of fused-ring (bicyclic) bond motifs is 1. The second-order valence-electron chi connectivity index (χ2n) is 7.47. The molecule has 1 heterocycles. The van der Waals surface area contributed by atoms with E-state index in [4.69, 9.17) is 4.74 Å². The molecule has 0 radical (unpaired) electrons. The summed E-state index contributed by atoms with van der Waals surface area (Å²) in [5, 5.41) is 3.25. The molecule has 31 heavy (non-hydrogen) atoms. The first kappa shape index (κ1) is 20.8. The standard InChI is InChI=1S/C25H22N2O3S/c1-15(2)16-8-10-17(11-9-16)19-6-4-5-7-20(19)23(28)26-18-12-13-21-22(14-18)31-24(27-21)25(29)30-3/h4-15H,1-3H3,(H,26,28). The lowest BCUT2D eigenvalue weighted by molar-refractivity contribution is 0.0600. The molecule has 4 rings (SSSR count). The van der Waals surface area contributed by atoms with Gasteiger partial charge in [0.1, 0.15) is 0 Å². The van der Waals surface area contributed by atoms with Crippen LogP contribution in [0.25, 0.3) is 21.3 Å². The number of carbonyl (C=O) groups is 2. The van der Waals surface area contributed by atoms with Crippen LogP contribution < -0.4 is 5.32 Å². The van der Waals surface area contributed by atoms with Gasteiger partial charge in [-0.05, 0) is 46.9 Å². The zero-order valence-electron chi connectivity index (χ0n) is 17.5. The molecular weight excluding hydrogens is 408 g/mol. The smallest absolute Gasteiger partial charge is 0.367 e. The van der Waals surface area contributed by atoms with Crippen molar-refractivity contribution in [3.63, 3.8) is 0 Å². The Morgan fingerprint density at radius 3 is 2.45 bits per heavy atom. The minimum atomic E-state index is -0.468. The Labute approximate surface area is 184 Å². The van der Waals surface area contributed by atoms with Crippen molar-refractivity contribution in [3.8, 4) is 11.1 Å². The molecule has 0 bridgehead atoms. The lowest BCUT2D eigenvalue weighted by Gasteiger charge is -2.12. The lowest BCUT2D eigenvalue weighted by atomic mass is 9.95. The molecule has 0 aliphatic carbocycles. The van der Waals surface area contributed by atoms with E-state index in [2.05, 4.69) is 48.4 Å². The van der Waals surface area contributed by atoms with Gasteiger partial charge in [-0.1, -0.05) is 56.3 Å². The molecule has 5 nitrogen and oxygen atoms in total. The van der Waals surface area contributed by atoms with Crippen LogP contribution in [-0.2, 0) is 4.74 Å². The summed E-state index contributed by atoms with van der Waals surface area (Å²) in [7, 11) is 1.33. The van der Waals surface area contributed by atoms with Crippen molar-refractivity contribution in [3.05, 3.63) is 82.9 Å². The van der Waals surface area contributed by atoms with E-state index in [1.165, 1.54) is 24.0 Å². The van der Waals surface area contributed by atoms with Crippen LogP contribution in [0.4, 0.5) is 5.69 Å². The average molecular weight is 431 g/mol. The number of methoxy groups -OCH3 is 1. The Morgan fingerprint density at radius 2 is 1.74 bits per heavy atom. The fourth-order valence-corrected chi connectivity index (χ4v) is 4.28. The first-order valence-electron chi connectivity index (χ1n) is 9.96.